The average molecular weight is 318 g/mol. The van der Waals surface area contributed by atoms with E-state index in [0.717, 1.165) is 27.4 Å². The average Bonchev–Trinajstić information content (AvgIpc) is 3.26. The van der Waals surface area contributed by atoms with Gasteiger partial charge in [0.25, 0.3) is 0 Å². The summed E-state index contributed by atoms with van der Waals surface area (Å²) in [4.78, 5) is 9.25. The van der Waals surface area contributed by atoms with Gasteiger partial charge in [0.1, 0.15) is 5.82 Å². The molecule has 1 N–H and O–H groups in total. The van der Waals surface area contributed by atoms with E-state index < -0.39 is 0 Å². The Bertz CT molecular complexity index is 621. The van der Waals surface area contributed by atoms with Gasteiger partial charge in [0.2, 0.25) is 0 Å². The predicted molar refractivity (Wildman–Crippen MR) is 81.4 cm³/mol. The fraction of sp³-hybridized carbons (Fsp3) is 0.333. The molecule has 0 bridgehead atoms. The maximum absolute atomic E-state index is 4.62. The highest BCUT2D eigenvalue weighted by atomic mass is 79.9. The number of rotatable bonds is 3. The molecule has 19 heavy (non-hydrogen) atoms. The van der Waals surface area contributed by atoms with E-state index in [1.54, 1.807) is 0 Å². The molecule has 1 aliphatic carbocycles. The van der Waals surface area contributed by atoms with Crippen molar-refractivity contribution in [3.8, 4) is 11.4 Å². The third-order valence-corrected chi connectivity index (χ3v) is 4.42. The van der Waals surface area contributed by atoms with Crippen molar-refractivity contribution in [2.45, 2.75) is 25.7 Å². The molecular formula is C15H16BrN3. The fourth-order valence-electron chi connectivity index (χ4n) is 2.30. The molecule has 3 nitrogen and oxygen atoms in total. The highest BCUT2D eigenvalue weighted by molar-refractivity contribution is 9.10. The summed E-state index contributed by atoms with van der Waals surface area (Å²) in [6.07, 6.45) is 2.57. The number of aryl methyl sites for hydroxylation is 1. The molecule has 0 radical (unpaired) electrons. The lowest BCUT2D eigenvalue weighted by Crippen LogP contribution is -2.02. The van der Waals surface area contributed by atoms with Gasteiger partial charge in [-0.15, -0.1) is 0 Å². The molecule has 1 heterocycles. The van der Waals surface area contributed by atoms with Crippen LogP contribution in [0.5, 0.6) is 0 Å². The van der Waals surface area contributed by atoms with Crippen LogP contribution in [0.1, 0.15) is 30.0 Å². The molecule has 2 aromatic rings. The Morgan fingerprint density at radius 1 is 1.21 bits per heavy atom. The van der Waals surface area contributed by atoms with Gasteiger partial charge in [0.05, 0.1) is 10.2 Å². The van der Waals surface area contributed by atoms with E-state index in [9.17, 15) is 0 Å². The Labute approximate surface area is 121 Å². The van der Waals surface area contributed by atoms with Gasteiger partial charge in [-0.25, -0.2) is 9.97 Å². The van der Waals surface area contributed by atoms with Gasteiger partial charge >= 0.3 is 0 Å². The number of nitrogens with zero attached hydrogens (tertiary/aromatic N) is 2. The van der Waals surface area contributed by atoms with Crippen molar-refractivity contribution >= 4 is 21.7 Å². The van der Waals surface area contributed by atoms with Gasteiger partial charge in [-0.05, 0) is 47.2 Å². The third kappa shape index (κ3) is 2.37. The minimum Gasteiger partial charge on any atom is -0.372 e. The third-order valence-electron chi connectivity index (χ3n) is 3.47. The lowest BCUT2D eigenvalue weighted by molar-refractivity contribution is 1.06. The van der Waals surface area contributed by atoms with Crippen molar-refractivity contribution in [1.29, 1.82) is 0 Å². The standard InChI is InChI=1S/C15H16BrN3/c1-9-13(16)15(17-2)19-14(18-9)12-6-4-3-5-11(12)10-7-8-10/h3-6,10H,7-8H2,1-2H3,(H,17,18,19). The van der Waals surface area contributed by atoms with Crippen LogP contribution in [-0.4, -0.2) is 17.0 Å². The fourth-order valence-corrected chi connectivity index (χ4v) is 2.67. The van der Waals surface area contributed by atoms with E-state index in [0.29, 0.717) is 5.92 Å². The van der Waals surface area contributed by atoms with Gasteiger partial charge in [0.15, 0.2) is 5.82 Å². The molecule has 1 fully saturated rings. The quantitative estimate of drug-likeness (QED) is 0.924. The summed E-state index contributed by atoms with van der Waals surface area (Å²) >= 11 is 3.52. The predicted octanol–water partition coefficient (Wildman–Crippen LogP) is 4.13. The van der Waals surface area contributed by atoms with E-state index in [-0.39, 0.29) is 0 Å². The van der Waals surface area contributed by atoms with Crippen LogP contribution in [0.15, 0.2) is 28.7 Å². The number of benzene rings is 1. The molecule has 4 heteroatoms. The molecule has 1 aliphatic rings. The highest BCUT2D eigenvalue weighted by Gasteiger charge is 2.27. The summed E-state index contributed by atoms with van der Waals surface area (Å²) < 4.78 is 0.933. The SMILES string of the molecule is CNc1nc(-c2ccccc2C2CC2)nc(C)c1Br. The zero-order valence-corrected chi connectivity index (χ0v) is 12.7. The van der Waals surface area contributed by atoms with Gasteiger partial charge in [-0.3, -0.25) is 0 Å². The zero-order valence-electron chi connectivity index (χ0n) is 11.1. The highest BCUT2D eigenvalue weighted by Crippen LogP contribution is 2.44. The van der Waals surface area contributed by atoms with Gasteiger partial charge in [0, 0.05) is 12.6 Å². The summed E-state index contributed by atoms with van der Waals surface area (Å²) in [7, 11) is 1.88. The van der Waals surface area contributed by atoms with Gasteiger partial charge in [-0.2, -0.15) is 0 Å². The number of halogens is 1. The molecule has 0 saturated heterocycles. The molecule has 1 aromatic heterocycles. The molecule has 98 valence electrons. The van der Waals surface area contributed by atoms with Crippen LogP contribution in [0, 0.1) is 6.92 Å². The molecule has 0 spiro atoms. The van der Waals surface area contributed by atoms with Crippen molar-refractivity contribution in [3.63, 3.8) is 0 Å². The van der Waals surface area contributed by atoms with Crippen LogP contribution in [-0.2, 0) is 0 Å². The Morgan fingerprint density at radius 3 is 2.63 bits per heavy atom. The summed E-state index contributed by atoms with van der Waals surface area (Å²) in [5.41, 5.74) is 3.50. The maximum atomic E-state index is 4.62. The van der Waals surface area contributed by atoms with E-state index in [4.69, 9.17) is 0 Å². The van der Waals surface area contributed by atoms with E-state index in [1.165, 1.54) is 18.4 Å². The molecular weight excluding hydrogens is 302 g/mol. The first kappa shape index (κ1) is 12.6. The van der Waals surface area contributed by atoms with Crippen LogP contribution < -0.4 is 5.32 Å². The van der Waals surface area contributed by atoms with E-state index >= 15 is 0 Å². The first-order valence-electron chi connectivity index (χ1n) is 6.52. The summed E-state index contributed by atoms with van der Waals surface area (Å²) in [6.45, 7) is 2.00. The molecule has 0 atom stereocenters. The molecule has 0 aliphatic heterocycles. The summed E-state index contributed by atoms with van der Waals surface area (Å²) in [5, 5.41) is 3.11. The molecule has 3 rings (SSSR count). The number of anilines is 1. The molecule has 0 amide bonds. The van der Waals surface area contributed by atoms with Crippen molar-refractivity contribution in [3.05, 3.63) is 40.0 Å². The number of aromatic nitrogens is 2. The van der Waals surface area contributed by atoms with Gasteiger partial charge in [-0.1, -0.05) is 24.3 Å². The van der Waals surface area contributed by atoms with Crippen molar-refractivity contribution in [2.75, 3.05) is 12.4 Å². The Hall–Kier alpha value is -1.42. The van der Waals surface area contributed by atoms with Crippen LogP contribution in [0.4, 0.5) is 5.82 Å². The largest absolute Gasteiger partial charge is 0.372 e. The number of hydrogen-bond donors (Lipinski definition) is 1. The molecule has 1 aromatic carbocycles. The van der Waals surface area contributed by atoms with Crippen molar-refractivity contribution < 1.29 is 0 Å². The van der Waals surface area contributed by atoms with Crippen molar-refractivity contribution in [2.24, 2.45) is 0 Å². The zero-order chi connectivity index (χ0) is 13.4. The number of nitrogens with one attached hydrogen (secondary N) is 1. The van der Waals surface area contributed by atoms with Crippen LogP contribution in [0.2, 0.25) is 0 Å². The maximum Gasteiger partial charge on any atom is 0.162 e. The van der Waals surface area contributed by atoms with Gasteiger partial charge < -0.3 is 5.32 Å². The minimum absolute atomic E-state index is 0.696. The Balaban J connectivity index is 2.14. The first-order chi connectivity index (χ1) is 9.20. The lowest BCUT2D eigenvalue weighted by Gasteiger charge is -2.11. The molecule has 0 unspecified atom stereocenters. The Morgan fingerprint density at radius 2 is 1.95 bits per heavy atom. The second-order valence-corrected chi connectivity index (χ2v) is 5.70. The number of hydrogen-bond acceptors (Lipinski definition) is 3. The monoisotopic (exact) mass is 317 g/mol. The minimum atomic E-state index is 0.696. The van der Waals surface area contributed by atoms with Crippen LogP contribution >= 0.6 is 15.9 Å². The molecule has 1 saturated carbocycles. The lowest BCUT2D eigenvalue weighted by atomic mass is 10.0. The summed E-state index contributed by atoms with van der Waals surface area (Å²) in [6, 6.07) is 8.48. The normalized spacial score (nSPS) is 14.5. The van der Waals surface area contributed by atoms with E-state index in [1.807, 2.05) is 14.0 Å². The topological polar surface area (TPSA) is 37.8 Å². The summed E-state index contributed by atoms with van der Waals surface area (Å²) in [5.74, 6) is 2.35. The smallest absolute Gasteiger partial charge is 0.162 e. The Kier molecular flexibility index (Phi) is 3.27. The second-order valence-electron chi connectivity index (χ2n) is 4.91. The first-order valence-corrected chi connectivity index (χ1v) is 7.31. The van der Waals surface area contributed by atoms with Crippen LogP contribution in [0.3, 0.4) is 0 Å². The van der Waals surface area contributed by atoms with Crippen LogP contribution in [0.25, 0.3) is 11.4 Å². The van der Waals surface area contributed by atoms with E-state index in [2.05, 4.69) is 55.5 Å². The van der Waals surface area contributed by atoms with Crippen molar-refractivity contribution in [1.82, 2.24) is 9.97 Å². The second kappa shape index (κ2) is 4.93.